The summed E-state index contributed by atoms with van der Waals surface area (Å²) in [6.07, 6.45) is 1.85. The van der Waals surface area contributed by atoms with Crippen LogP contribution in [0.5, 0.6) is 5.75 Å². The lowest BCUT2D eigenvalue weighted by Crippen LogP contribution is -2.57. The second-order valence-corrected chi connectivity index (χ2v) is 12.8. The van der Waals surface area contributed by atoms with Crippen molar-refractivity contribution < 1.29 is 24.2 Å². The van der Waals surface area contributed by atoms with Crippen molar-refractivity contribution in [2.45, 2.75) is 77.1 Å². The van der Waals surface area contributed by atoms with Crippen molar-refractivity contribution in [3.05, 3.63) is 108 Å². The van der Waals surface area contributed by atoms with E-state index < -0.39 is 23.8 Å². The molecule has 1 aliphatic rings. The highest BCUT2D eigenvalue weighted by atomic mass is 16.6. The Balaban J connectivity index is 1.52. The monoisotopic (exact) mass is 607 g/mol. The van der Waals surface area contributed by atoms with Gasteiger partial charge < -0.3 is 25.4 Å². The van der Waals surface area contributed by atoms with Crippen molar-refractivity contribution >= 4 is 34.4 Å². The number of amides is 3. The number of ether oxygens (including phenoxy) is 1. The summed E-state index contributed by atoms with van der Waals surface area (Å²) in [7, 11) is 0. The van der Waals surface area contributed by atoms with E-state index in [1.807, 2.05) is 73.7 Å². The van der Waals surface area contributed by atoms with Crippen molar-refractivity contribution in [2.75, 3.05) is 5.32 Å². The van der Waals surface area contributed by atoms with Crippen LogP contribution in [0.25, 0.3) is 10.8 Å². The Morgan fingerprint density at radius 1 is 0.911 bits per heavy atom. The molecule has 0 aliphatic heterocycles. The topological polar surface area (TPSA) is 108 Å². The fraction of sp³-hybridized carbons (Fsp3) is 0.324. The van der Waals surface area contributed by atoms with Gasteiger partial charge in [-0.05, 0) is 93.1 Å². The van der Waals surface area contributed by atoms with Gasteiger partial charge >= 0.3 is 6.09 Å². The van der Waals surface area contributed by atoms with Crippen LogP contribution in [0, 0.1) is 6.92 Å². The molecule has 5 rings (SSSR count). The number of carbonyl (C=O) groups is 3. The lowest BCUT2D eigenvalue weighted by atomic mass is 9.87. The minimum atomic E-state index is -1.02. The van der Waals surface area contributed by atoms with Gasteiger partial charge in [0.05, 0.1) is 0 Å². The molecular formula is C37H41N3O5. The summed E-state index contributed by atoms with van der Waals surface area (Å²) in [5, 5.41) is 17.7. The van der Waals surface area contributed by atoms with Crippen LogP contribution < -0.4 is 10.6 Å². The van der Waals surface area contributed by atoms with Gasteiger partial charge in [0.1, 0.15) is 23.4 Å². The van der Waals surface area contributed by atoms with Gasteiger partial charge in [0.15, 0.2) is 0 Å². The number of hydrogen-bond acceptors (Lipinski definition) is 5. The normalized spacial score (nSPS) is 14.6. The molecule has 0 heterocycles. The Morgan fingerprint density at radius 3 is 2.20 bits per heavy atom. The zero-order chi connectivity index (χ0) is 32.1. The van der Waals surface area contributed by atoms with E-state index in [4.69, 9.17) is 4.74 Å². The molecule has 8 heteroatoms. The third kappa shape index (κ3) is 8.01. The van der Waals surface area contributed by atoms with Crippen molar-refractivity contribution in [2.24, 2.45) is 0 Å². The molecule has 1 fully saturated rings. The molecule has 0 radical (unpaired) electrons. The molecule has 8 nitrogen and oxygen atoms in total. The number of anilines is 1. The maximum absolute atomic E-state index is 14.7. The SMILES string of the molecule is Cc1ccc(C(C(=O)Nc2ccc3ccccc3c2)N(C(=O)C(Cc2ccc(O)cc2)NC(=O)OC(C)(C)C)C2CCC2)cc1. The number of rotatable bonds is 9. The van der Waals surface area contributed by atoms with E-state index in [0.29, 0.717) is 11.3 Å². The largest absolute Gasteiger partial charge is 0.508 e. The molecule has 2 atom stereocenters. The van der Waals surface area contributed by atoms with E-state index in [0.717, 1.165) is 41.2 Å². The van der Waals surface area contributed by atoms with Gasteiger partial charge in [-0.1, -0.05) is 72.3 Å². The van der Waals surface area contributed by atoms with Gasteiger partial charge in [-0.15, -0.1) is 0 Å². The Hall–Kier alpha value is -4.85. The molecule has 1 aliphatic carbocycles. The zero-order valence-corrected chi connectivity index (χ0v) is 26.2. The number of aryl methyl sites for hydroxylation is 1. The quantitative estimate of drug-likeness (QED) is 0.189. The van der Waals surface area contributed by atoms with Gasteiger partial charge in [0.2, 0.25) is 5.91 Å². The predicted molar refractivity (Wildman–Crippen MR) is 176 cm³/mol. The van der Waals surface area contributed by atoms with Crippen LogP contribution in [0.15, 0.2) is 91.0 Å². The summed E-state index contributed by atoms with van der Waals surface area (Å²) in [6.45, 7) is 7.25. The van der Waals surface area contributed by atoms with Crippen molar-refractivity contribution in [3.63, 3.8) is 0 Å². The Kier molecular flexibility index (Phi) is 9.42. The van der Waals surface area contributed by atoms with E-state index in [1.165, 1.54) is 0 Å². The molecule has 2 unspecified atom stereocenters. The Bertz CT molecular complexity index is 1660. The second kappa shape index (κ2) is 13.4. The Labute approximate surface area is 264 Å². The standard InChI is InChI=1S/C37H41N3O5/c1-24-12-16-27(17-13-24)33(34(42)38-29-19-18-26-8-5-6-9-28(26)23-29)40(30-10-7-11-30)35(43)32(39-36(44)45-37(2,3)4)22-25-14-20-31(41)21-15-25/h5-6,8-9,12-21,23,30,32-33,41H,7,10-11,22H2,1-4H3,(H,38,42)(H,39,44). The third-order valence-corrected chi connectivity index (χ3v) is 8.02. The first-order chi connectivity index (χ1) is 21.5. The number of nitrogens with one attached hydrogen (secondary N) is 2. The molecule has 234 valence electrons. The van der Waals surface area contributed by atoms with E-state index in [2.05, 4.69) is 10.6 Å². The van der Waals surface area contributed by atoms with Gasteiger partial charge in [-0.3, -0.25) is 9.59 Å². The molecule has 4 aromatic rings. The first-order valence-electron chi connectivity index (χ1n) is 15.4. The Morgan fingerprint density at radius 2 is 1.58 bits per heavy atom. The molecule has 0 bridgehead atoms. The summed E-state index contributed by atoms with van der Waals surface area (Å²) >= 11 is 0. The number of nitrogens with zero attached hydrogens (tertiary/aromatic N) is 1. The van der Waals surface area contributed by atoms with Crippen molar-refractivity contribution in [3.8, 4) is 5.75 Å². The van der Waals surface area contributed by atoms with Crippen LogP contribution >= 0.6 is 0 Å². The van der Waals surface area contributed by atoms with E-state index in [9.17, 15) is 19.5 Å². The zero-order valence-electron chi connectivity index (χ0n) is 26.2. The summed E-state index contributed by atoms with van der Waals surface area (Å²) in [5.41, 5.74) is 2.31. The number of phenolic OH excluding ortho intramolecular Hbond substituents is 1. The van der Waals surface area contributed by atoms with E-state index in [1.54, 1.807) is 49.9 Å². The summed E-state index contributed by atoms with van der Waals surface area (Å²) in [4.78, 5) is 43.7. The maximum Gasteiger partial charge on any atom is 0.408 e. The summed E-state index contributed by atoms with van der Waals surface area (Å²) in [5.74, 6) is -0.615. The summed E-state index contributed by atoms with van der Waals surface area (Å²) < 4.78 is 5.54. The number of hydrogen-bond donors (Lipinski definition) is 3. The molecule has 0 spiro atoms. The highest BCUT2D eigenvalue weighted by Gasteiger charge is 2.42. The number of fused-ring (bicyclic) bond motifs is 1. The smallest absolute Gasteiger partial charge is 0.408 e. The van der Waals surface area contributed by atoms with E-state index in [-0.39, 0.29) is 30.0 Å². The fourth-order valence-electron chi connectivity index (χ4n) is 5.55. The number of phenols is 1. The molecule has 45 heavy (non-hydrogen) atoms. The van der Waals surface area contributed by atoms with Gasteiger partial charge in [0, 0.05) is 18.2 Å². The highest BCUT2D eigenvalue weighted by Crippen LogP contribution is 2.35. The van der Waals surface area contributed by atoms with Crippen LogP contribution in [-0.2, 0) is 20.7 Å². The minimum absolute atomic E-state index is 0.0996. The highest BCUT2D eigenvalue weighted by molar-refractivity contribution is 6.00. The first kappa shape index (κ1) is 31.6. The third-order valence-electron chi connectivity index (χ3n) is 8.02. The average Bonchev–Trinajstić information content (AvgIpc) is 2.96. The van der Waals surface area contributed by atoms with Gasteiger partial charge in [-0.2, -0.15) is 0 Å². The molecule has 3 amide bonds. The molecule has 0 aromatic heterocycles. The summed E-state index contributed by atoms with van der Waals surface area (Å²) in [6, 6.07) is 25.6. The minimum Gasteiger partial charge on any atom is -0.508 e. The van der Waals surface area contributed by atoms with Crippen molar-refractivity contribution in [1.29, 1.82) is 0 Å². The predicted octanol–water partition coefficient (Wildman–Crippen LogP) is 7.05. The van der Waals surface area contributed by atoms with Crippen LogP contribution in [0.4, 0.5) is 10.5 Å². The van der Waals surface area contributed by atoms with Gasteiger partial charge in [-0.25, -0.2) is 4.79 Å². The number of aromatic hydroxyl groups is 1. The maximum atomic E-state index is 14.7. The number of benzene rings is 4. The fourth-order valence-corrected chi connectivity index (χ4v) is 5.55. The van der Waals surface area contributed by atoms with Crippen molar-refractivity contribution in [1.82, 2.24) is 10.2 Å². The first-order valence-corrected chi connectivity index (χ1v) is 15.4. The van der Waals surface area contributed by atoms with Gasteiger partial charge in [0.25, 0.3) is 5.91 Å². The second-order valence-electron chi connectivity index (χ2n) is 12.8. The molecular weight excluding hydrogens is 566 g/mol. The van der Waals surface area contributed by atoms with E-state index >= 15 is 0 Å². The number of alkyl carbamates (subject to hydrolysis) is 1. The number of carbonyl (C=O) groups excluding carboxylic acids is 3. The molecule has 4 aromatic carbocycles. The molecule has 1 saturated carbocycles. The van der Waals surface area contributed by atoms with Crippen LogP contribution in [-0.4, -0.2) is 45.6 Å². The molecule has 3 N–H and O–H groups in total. The molecule has 0 saturated heterocycles. The van der Waals surface area contributed by atoms with Crippen LogP contribution in [0.2, 0.25) is 0 Å². The average molecular weight is 608 g/mol. The van der Waals surface area contributed by atoms with Crippen LogP contribution in [0.3, 0.4) is 0 Å². The van der Waals surface area contributed by atoms with Crippen LogP contribution in [0.1, 0.15) is 62.8 Å². The lowest BCUT2D eigenvalue weighted by molar-refractivity contribution is -0.145. The lowest BCUT2D eigenvalue weighted by Gasteiger charge is -2.43.